The Kier molecular flexibility index (Phi) is 4.10. The third-order valence-corrected chi connectivity index (χ3v) is 4.76. The van der Waals surface area contributed by atoms with E-state index < -0.39 is 0 Å². The van der Waals surface area contributed by atoms with Gasteiger partial charge in [-0.25, -0.2) is 4.68 Å². The standard InChI is InChI=1S/C16H18BrN3O/c1-2-20-16(21)15(17)14(10-18-20)19-13-8-7-11-5-3-4-6-12(11)9-13/h3-6,10,13,19H,2,7-9H2,1H3. The third kappa shape index (κ3) is 2.88. The van der Waals surface area contributed by atoms with E-state index in [-0.39, 0.29) is 5.56 Å². The minimum absolute atomic E-state index is 0.0845. The van der Waals surface area contributed by atoms with Crippen LogP contribution in [0.15, 0.2) is 39.7 Å². The second kappa shape index (κ2) is 6.02. The fourth-order valence-electron chi connectivity index (χ4n) is 2.83. The Hall–Kier alpha value is -1.62. The van der Waals surface area contributed by atoms with E-state index >= 15 is 0 Å². The summed E-state index contributed by atoms with van der Waals surface area (Å²) in [6.45, 7) is 2.49. The van der Waals surface area contributed by atoms with Gasteiger partial charge in [0.05, 0.1) is 11.9 Å². The molecule has 0 saturated heterocycles. The molecule has 0 fully saturated rings. The first-order valence-electron chi connectivity index (χ1n) is 7.28. The largest absolute Gasteiger partial charge is 0.380 e. The van der Waals surface area contributed by atoms with Crippen LogP contribution in [0.3, 0.4) is 0 Å². The lowest BCUT2D eigenvalue weighted by atomic mass is 9.88. The van der Waals surface area contributed by atoms with Crippen LogP contribution in [0.2, 0.25) is 0 Å². The Balaban J connectivity index is 1.80. The first kappa shape index (κ1) is 14.3. The second-order valence-corrected chi connectivity index (χ2v) is 6.14. The fourth-order valence-corrected chi connectivity index (χ4v) is 3.25. The van der Waals surface area contributed by atoms with Gasteiger partial charge in [-0.1, -0.05) is 24.3 Å². The molecule has 0 bridgehead atoms. The minimum Gasteiger partial charge on any atom is -0.380 e. The average molecular weight is 348 g/mol. The molecule has 1 aliphatic rings. The number of aromatic nitrogens is 2. The average Bonchev–Trinajstić information content (AvgIpc) is 2.52. The van der Waals surface area contributed by atoms with Crippen LogP contribution in [0.5, 0.6) is 0 Å². The Morgan fingerprint density at radius 3 is 2.90 bits per heavy atom. The summed E-state index contributed by atoms with van der Waals surface area (Å²) in [5.41, 5.74) is 3.54. The van der Waals surface area contributed by atoms with Crippen molar-refractivity contribution in [2.24, 2.45) is 0 Å². The van der Waals surface area contributed by atoms with E-state index in [2.05, 4.69) is 50.6 Å². The highest BCUT2D eigenvalue weighted by molar-refractivity contribution is 9.10. The molecule has 110 valence electrons. The molecule has 0 spiro atoms. The molecule has 1 atom stereocenters. The molecule has 3 rings (SSSR count). The van der Waals surface area contributed by atoms with Crippen molar-refractivity contribution >= 4 is 21.6 Å². The molecule has 0 amide bonds. The third-order valence-electron chi connectivity index (χ3n) is 3.99. The van der Waals surface area contributed by atoms with Crippen LogP contribution in [-0.2, 0) is 19.4 Å². The Bertz CT molecular complexity index is 711. The van der Waals surface area contributed by atoms with Gasteiger partial charge < -0.3 is 5.32 Å². The zero-order chi connectivity index (χ0) is 14.8. The number of aryl methyl sites for hydroxylation is 2. The number of anilines is 1. The molecule has 5 heteroatoms. The lowest BCUT2D eigenvalue weighted by Crippen LogP contribution is -2.30. The molecule has 0 radical (unpaired) electrons. The van der Waals surface area contributed by atoms with Crippen LogP contribution in [0.4, 0.5) is 5.69 Å². The molecule has 21 heavy (non-hydrogen) atoms. The molecule has 1 aliphatic carbocycles. The Morgan fingerprint density at radius 2 is 2.14 bits per heavy atom. The van der Waals surface area contributed by atoms with Crippen LogP contribution in [0.1, 0.15) is 24.5 Å². The predicted molar refractivity (Wildman–Crippen MR) is 87.7 cm³/mol. The summed E-state index contributed by atoms with van der Waals surface area (Å²) >= 11 is 3.39. The highest BCUT2D eigenvalue weighted by Gasteiger charge is 2.19. The molecular weight excluding hydrogens is 330 g/mol. The van der Waals surface area contributed by atoms with Gasteiger partial charge in [0.1, 0.15) is 4.47 Å². The fraction of sp³-hybridized carbons (Fsp3) is 0.375. The van der Waals surface area contributed by atoms with Gasteiger partial charge in [0, 0.05) is 12.6 Å². The number of nitrogens with one attached hydrogen (secondary N) is 1. The summed E-state index contributed by atoms with van der Waals surface area (Å²) in [6.07, 6.45) is 4.86. The van der Waals surface area contributed by atoms with E-state index in [4.69, 9.17) is 0 Å². The maximum Gasteiger partial charge on any atom is 0.283 e. The lowest BCUT2D eigenvalue weighted by Gasteiger charge is -2.26. The van der Waals surface area contributed by atoms with Crippen LogP contribution >= 0.6 is 15.9 Å². The summed E-state index contributed by atoms with van der Waals surface area (Å²) in [6, 6.07) is 8.91. The monoisotopic (exact) mass is 347 g/mol. The van der Waals surface area contributed by atoms with Crippen LogP contribution in [0, 0.1) is 0 Å². The summed E-state index contributed by atoms with van der Waals surface area (Å²) < 4.78 is 2.02. The van der Waals surface area contributed by atoms with Gasteiger partial charge in [-0.05, 0) is 53.2 Å². The summed E-state index contributed by atoms with van der Waals surface area (Å²) in [4.78, 5) is 12.1. The maximum absolute atomic E-state index is 12.1. The molecule has 1 N–H and O–H groups in total. The van der Waals surface area contributed by atoms with E-state index in [0.29, 0.717) is 17.1 Å². The van der Waals surface area contributed by atoms with Crippen LogP contribution in [0.25, 0.3) is 0 Å². The smallest absolute Gasteiger partial charge is 0.283 e. The van der Waals surface area contributed by atoms with Crippen LogP contribution in [-0.4, -0.2) is 15.8 Å². The van der Waals surface area contributed by atoms with Gasteiger partial charge in [-0.15, -0.1) is 0 Å². The number of benzene rings is 1. The number of hydrogen-bond acceptors (Lipinski definition) is 3. The molecule has 1 aromatic heterocycles. The molecule has 4 nitrogen and oxygen atoms in total. The predicted octanol–water partition coefficient (Wildman–Crippen LogP) is 3.00. The van der Waals surface area contributed by atoms with Crippen molar-refractivity contribution in [1.82, 2.24) is 9.78 Å². The van der Waals surface area contributed by atoms with Crippen molar-refractivity contribution in [1.29, 1.82) is 0 Å². The zero-order valence-corrected chi connectivity index (χ0v) is 13.6. The summed E-state index contributed by atoms with van der Waals surface area (Å²) in [7, 11) is 0. The maximum atomic E-state index is 12.1. The van der Waals surface area contributed by atoms with Crippen molar-refractivity contribution < 1.29 is 0 Å². The topological polar surface area (TPSA) is 46.9 Å². The molecule has 0 saturated carbocycles. The minimum atomic E-state index is -0.0845. The Labute approximate surface area is 132 Å². The number of halogens is 1. The van der Waals surface area contributed by atoms with Gasteiger partial charge in [0.2, 0.25) is 0 Å². The van der Waals surface area contributed by atoms with E-state index in [9.17, 15) is 4.79 Å². The molecule has 2 aromatic rings. The molecule has 0 aliphatic heterocycles. The van der Waals surface area contributed by atoms with Gasteiger partial charge in [-0.2, -0.15) is 5.10 Å². The SMILES string of the molecule is CCn1ncc(NC2CCc3ccccc3C2)c(Br)c1=O. The lowest BCUT2D eigenvalue weighted by molar-refractivity contribution is 0.597. The number of fused-ring (bicyclic) bond motifs is 1. The highest BCUT2D eigenvalue weighted by atomic mass is 79.9. The normalized spacial score (nSPS) is 17.3. The van der Waals surface area contributed by atoms with E-state index in [1.807, 2.05) is 6.92 Å². The van der Waals surface area contributed by atoms with Crippen molar-refractivity contribution in [3.8, 4) is 0 Å². The van der Waals surface area contributed by atoms with Crippen molar-refractivity contribution in [2.45, 2.75) is 38.8 Å². The van der Waals surface area contributed by atoms with Gasteiger partial charge in [0.15, 0.2) is 0 Å². The number of rotatable bonds is 3. The van der Waals surface area contributed by atoms with Crippen LogP contribution < -0.4 is 10.9 Å². The van der Waals surface area contributed by atoms with Gasteiger partial charge >= 0.3 is 0 Å². The van der Waals surface area contributed by atoms with E-state index in [0.717, 1.165) is 24.9 Å². The first-order valence-corrected chi connectivity index (χ1v) is 8.07. The molecular formula is C16H18BrN3O. The van der Waals surface area contributed by atoms with Crippen molar-refractivity contribution in [3.05, 3.63) is 56.4 Å². The molecule has 1 unspecified atom stereocenters. The van der Waals surface area contributed by atoms with Crippen molar-refractivity contribution in [3.63, 3.8) is 0 Å². The molecule has 1 aromatic carbocycles. The van der Waals surface area contributed by atoms with Gasteiger partial charge in [0.25, 0.3) is 5.56 Å². The van der Waals surface area contributed by atoms with Crippen molar-refractivity contribution in [2.75, 3.05) is 5.32 Å². The summed E-state index contributed by atoms with van der Waals surface area (Å²) in [5, 5.41) is 7.64. The van der Waals surface area contributed by atoms with E-state index in [1.54, 1.807) is 6.20 Å². The van der Waals surface area contributed by atoms with Gasteiger partial charge in [-0.3, -0.25) is 4.79 Å². The summed E-state index contributed by atoms with van der Waals surface area (Å²) in [5.74, 6) is 0. The quantitative estimate of drug-likeness (QED) is 0.928. The highest BCUT2D eigenvalue weighted by Crippen LogP contribution is 2.25. The van der Waals surface area contributed by atoms with E-state index in [1.165, 1.54) is 15.8 Å². The second-order valence-electron chi connectivity index (χ2n) is 5.35. The molecule has 1 heterocycles. The Morgan fingerprint density at radius 1 is 1.38 bits per heavy atom. The number of nitrogens with zero attached hydrogens (tertiary/aromatic N) is 2. The first-order chi connectivity index (χ1) is 10.2. The zero-order valence-electron chi connectivity index (χ0n) is 12.0. The number of hydrogen-bond donors (Lipinski definition) is 1.